The summed E-state index contributed by atoms with van der Waals surface area (Å²) in [5.74, 6) is 0.485. The maximum absolute atomic E-state index is 14.4. The summed E-state index contributed by atoms with van der Waals surface area (Å²) in [6, 6.07) is 11.1. The van der Waals surface area contributed by atoms with Crippen LogP contribution in [-0.2, 0) is 13.1 Å². The van der Waals surface area contributed by atoms with Gasteiger partial charge in [0.15, 0.2) is 5.96 Å². The molecular weight excluding hydrogens is 329 g/mol. The number of nitrogens with zero attached hydrogens (tertiary/aromatic N) is 3. The van der Waals surface area contributed by atoms with Crippen LogP contribution < -0.4 is 15.5 Å². The van der Waals surface area contributed by atoms with Crippen LogP contribution in [0.4, 0.5) is 10.1 Å². The van der Waals surface area contributed by atoms with Crippen LogP contribution in [0.1, 0.15) is 32.0 Å². The summed E-state index contributed by atoms with van der Waals surface area (Å²) in [4.78, 5) is 10.8. The van der Waals surface area contributed by atoms with E-state index in [9.17, 15) is 4.39 Å². The number of aromatic nitrogens is 1. The largest absolute Gasteiger partial charge is 0.370 e. The molecule has 1 heterocycles. The minimum Gasteiger partial charge on any atom is -0.370 e. The van der Waals surface area contributed by atoms with Gasteiger partial charge in [-0.15, -0.1) is 0 Å². The van der Waals surface area contributed by atoms with E-state index < -0.39 is 0 Å². The van der Waals surface area contributed by atoms with Gasteiger partial charge in [-0.25, -0.2) is 9.38 Å². The Kier molecular flexibility index (Phi) is 7.86. The minimum atomic E-state index is -0.201. The van der Waals surface area contributed by atoms with Crippen molar-refractivity contribution < 1.29 is 4.39 Å². The Morgan fingerprint density at radius 1 is 1.12 bits per heavy atom. The van der Waals surface area contributed by atoms with Gasteiger partial charge in [-0.05, 0) is 50.6 Å². The third-order valence-electron chi connectivity index (χ3n) is 4.04. The molecule has 6 heteroatoms. The van der Waals surface area contributed by atoms with Gasteiger partial charge >= 0.3 is 0 Å². The highest BCUT2D eigenvalue weighted by Gasteiger charge is 2.09. The fraction of sp³-hybridized carbons (Fsp3) is 0.400. The van der Waals surface area contributed by atoms with Gasteiger partial charge in [0.25, 0.3) is 0 Å². The fourth-order valence-electron chi connectivity index (χ4n) is 2.66. The number of benzene rings is 1. The lowest BCUT2D eigenvalue weighted by molar-refractivity contribution is 0.617. The lowest BCUT2D eigenvalue weighted by atomic mass is 10.2. The number of pyridine rings is 1. The average Bonchev–Trinajstić information content (AvgIpc) is 2.67. The van der Waals surface area contributed by atoms with Gasteiger partial charge in [0.05, 0.1) is 24.5 Å². The van der Waals surface area contributed by atoms with Crippen LogP contribution >= 0.6 is 0 Å². The SMILES string of the molecule is CCNC(=NCc1ccc(N(CC)CC)c(F)c1)NCc1ccccn1. The number of hydrogen-bond acceptors (Lipinski definition) is 3. The number of anilines is 1. The first-order valence-corrected chi connectivity index (χ1v) is 9.13. The number of hydrogen-bond donors (Lipinski definition) is 2. The monoisotopic (exact) mass is 357 g/mol. The average molecular weight is 357 g/mol. The maximum atomic E-state index is 14.4. The summed E-state index contributed by atoms with van der Waals surface area (Å²) in [5.41, 5.74) is 2.42. The summed E-state index contributed by atoms with van der Waals surface area (Å²) in [7, 11) is 0. The predicted molar refractivity (Wildman–Crippen MR) is 106 cm³/mol. The second kappa shape index (κ2) is 10.4. The zero-order valence-corrected chi connectivity index (χ0v) is 15.8. The van der Waals surface area contributed by atoms with Crippen LogP contribution in [0.15, 0.2) is 47.6 Å². The van der Waals surface area contributed by atoms with Crippen molar-refractivity contribution in [2.75, 3.05) is 24.5 Å². The second-order valence-electron chi connectivity index (χ2n) is 5.83. The molecule has 0 aliphatic carbocycles. The number of nitrogens with one attached hydrogen (secondary N) is 2. The van der Waals surface area contributed by atoms with Gasteiger partial charge in [0.2, 0.25) is 0 Å². The van der Waals surface area contributed by atoms with E-state index in [1.807, 2.05) is 56.0 Å². The molecule has 0 saturated carbocycles. The van der Waals surface area contributed by atoms with Crippen LogP contribution in [0.5, 0.6) is 0 Å². The molecule has 2 rings (SSSR count). The molecule has 0 unspecified atom stereocenters. The Hall–Kier alpha value is -2.63. The maximum Gasteiger partial charge on any atom is 0.191 e. The van der Waals surface area contributed by atoms with Crippen molar-refractivity contribution in [1.82, 2.24) is 15.6 Å². The molecule has 5 nitrogen and oxygen atoms in total. The van der Waals surface area contributed by atoms with E-state index in [2.05, 4.69) is 20.6 Å². The van der Waals surface area contributed by atoms with Crippen molar-refractivity contribution in [2.45, 2.75) is 33.9 Å². The van der Waals surface area contributed by atoms with E-state index in [4.69, 9.17) is 0 Å². The van der Waals surface area contributed by atoms with Crippen molar-refractivity contribution in [3.8, 4) is 0 Å². The quantitative estimate of drug-likeness (QED) is 0.562. The normalized spacial score (nSPS) is 11.3. The molecule has 1 aromatic heterocycles. The summed E-state index contributed by atoms with van der Waals surface area (Å²) in [5, 5.41) is 6.44. The molecule has 0 aliphatic rings. The zero-order chi connectivity index (χ0) is 18.8. The Balaban J connectivity index is 2.03. The van der Waals surface area contributed by atoms with Crippen molar-refractivity contribution in [3.63, 3.8) is 0 Å². The van der Waals surface area contributed by atoms with Crippen LogP contribution in [-0.4, -0.2) is 30.6 Å². The predicted octanol–water partition coefficient (Wildman–Crippen LogP) is 3.32. The molecule has 0 amide bonds. The summed E-state index contributed by atoms with van der Waals surface area (Å²) < 4.78 is 14.4. The molecule has 0 spiro atoms. The second-order valence-corrected chi connectivity index (χ2v) is 5.83. The molecule has 0 radical (unpaired) electrons. The number of rotatable bonds is 8. The summed E-state index contributed by atoms with van der Waals surface area (Å²) in [6.45, 7) is 9.38. The number of aliphatic imine (C=N–C) groups is 1. The zero-order valence-electron chi connectivity index (χ0n) is 15.8. The smallest absolute Gasteiger partial charge is 0.191 e. The van der Waals surface area contributed by atoms with Crippen LogP contribution in [0.25, 0.3) is 0 Å². The topological polar surface area (TPSA) is 52.6 Å². The summed E-state index contributed by atoms with van der Waals surface area (Å²) in [6.07, 6.45) is 1.77. The highest BCUT2D eigenvalue weighted by atomic mass is 19.1. The van der Waals surface area contributed by atoms with Gasteiger partial charge in [-0.1, -0.05) is 12.1 Å². The van der Waals surface area contributed by atoms with Gasteiger partial charge in [-0.2, -0.15) is 0 Å². The van der Waals surface area contributed by atoms with Crippen LogP contribution in [0.3, 0.4) is 0 Å². The molecular formula is C20H28FN5. The molecule has 0 aliphatic heterocycles. The van der Waals surface area contributed by atoms with Crippen molar-refractivity contribution >= 4 is 11.6 Å². The highest BCUT2D eigenvalue weighted by molar-refractivity contribution is 5.79. The number of guanidine groups is 1. The Morgan fingerprint density at radius 3 is 2.54 bits per heavy atom. The first kappa shape index (κ1) is 19.7. The molecule has 140 valence electrons. The lowest BCUT2D eigenvalue weighted by Crippen LogP contribution is -2.37. The Bertz CT molecular complexity index is 699. The van der Waals surface area contributed by atoms with E-state index in [-0.39, 0.29) is 5.82 Å². The van der Waals surface area contributed by atoms with Gasteiger partial charge in [0, 0.05) is 25.8 Å². The first-order valence-electron chi connectivity index (χ1n) is 9.13. The molecule has 0 fully saturated rings. The van der Waals surface area contributed by atoms with Crippen molar-refractivity contribution in [1.29, 1.82) is 0 Å². The van der Waals surface area contributed by atoms with Crippen molar-refractivity contribution in [3.05, 3.63) is 59.7 Å². The lowest BCUT2D eigenvalue weighted by Gasteiger charge is -2.21. The molecule has 0 bridgehead atoms. The molecule has 2 aromatic rings. The first-order chi connectivity index (χ1) is 12.7. The Labute approximate surface area is 155 Å². The summed E-state index contributed by atoms with van der Waals surface area (Å²) >= 11 is 0. The van der Waals surface area contributed by atoms with Crippen LogP contribution in [0, 0.1) is 5.82 Å². The van der Waals surface area contributed by atoms with Gasteiger partial charge < -0.3 is 15.5 Å². The Morgan fingerprint density at radius 2 is 1.92 bits per heavy atom. The van der Waals surface area contributed by atoms with E-state index in [0.29, 0.717) is 24.7 Å². The number of halogens is 1. The van der Waals surface area contributed by atoms with Crippen molar-refractivity contribution in [2.24, 2.45) is 4.99 Å². The van der Waals surface area contributed by atoms with Gasteiger partial charge in [0.1, 0.15) is 5.82 Å². The highest BCUT2D eigenvalue weighted by Crippen LogP contribution is 2.20. The third-order valence-corrected chi connectivity index (χ3v) is 4.04. The van der Waals surface area contributed by atoms with E-state index in [1.165, 1.54) is 0 Å². The van der Waals surface area contributed by atoms with Crippen LogP contribution in [0.2, 0.25) is 0 Å². The minimum absolute atomic E-state index is 0.201. The molecule has 2 N–H and O–H groups in total. The standard InChI is InChI=1S/C20H28FN5/c1-4-22-20(25-15-17-9-7-8-12-23-17)24-14-16-10-11-19(18(21)13-16)26(5-2)6-3/h7-13H,4-6,14-15H2,1-3H3,(H2,22,24,25). The van der Waals surface area contributed by atoms with E-state index in [0.717, 1.165) is 30.9 Å². The fourth-order valence-corrected chi connectivity index (χ4v) is 2.66. The molecule has 1 aromatic carbocycles. The van der Waals surface area contributed by atoms with Gasteiger partial charge in [-0.3, -0.25) is 4.98 Å². The van der Waals surface area contributed by atoms with E-state index >= 15 is 0 Å². The third kappa shape index (κ3) is 5.72. The molecule has 0 saturated heterocycles. The van der Waals surface area contributed by atoms with E-state index in [1.54, 1.807) is 12.3 Å². The molecule has 26 heavy (non-hydrogen) atoms. The molecule has 0 atom stereocenters.